The minimum absolute atomic E-state index is 0.0849. The fourth-order valence-corrected chi connectivity index (χ4v) is 1.37. The van der Waals surface area contributed by atoms with Gasteiger partial charge < -0.3 is 15.1 Å². The molecule has 0 aromatic carbocycles. The highest BCUT2D eigenvalue weighted by atomic mass is 16.5. The summed E-state index contributed by atoms with van der Waals surface area (Å²) in [5.74, 6) is 0. The van der Waals surface area contributed by atoms with Crippen molar-refractivity contribution in [1.82, 2.24) is 5.48 Å². The first-order chi connectivity index (χ1) is 7.72. The summed E-state index contributed by atoms with van der Waals surface area (Å²) in [7, 11) is 0. The third-order valence-corrected chi connectivity index (χ3v) is 3.04. The Labute approximate surface area is 105 Å². The maximum absolute atomic E-state index is 9.39. The van der Waals surface area contributed by atoms with Crippen LogP contribution in [0.15, 0.2) is 0 Å². The van der Waals surface area contributed by atoms with E-state index in [0.717, 1.165) is 19.3 Å². The fraction of sp³-hybridized carbons (Fsp3) is 1.00. The lowest BCUT2D eigenvalue weighted by Crippen LogP contribution is -2.38. The van der Waals surface area contributed by atoms with Crippen molar-refractivity contribution in [3.05, 3.63) is 0 Å². The van der Waals surface area contributed by atoms with Crippen LogP contribution >= 0.6 is 0 Å². The van der Waals surface area contributed by atoms with E-state index >= 15 is 0 Å². The van der Waals surface area contributed by atoms with Crippen molar-refractivity contribution in [2.75, 3.05) is 13.2 Å². The van der Waals surface area contributed by atoms with Crippen LogP contribution in [0, 0.1) is 5.41 Å². The van der Waals surface area contributed by atoms with Crippen LogP contribution in [0.25, 0.3) is 0 Å². The predicted octanol–water partition coefficient (Wildman–Crippen LogP) is 1.59. The van der Waals surface area contributed by atoms with Gasteiger partial charge in [-0.2, -0.15) is 0 Å². The molecule has 0 aromatic heterocycles. The lowest BCUT2D eigenvalue weighted by molar-refractivity contribution is -0.00651. The van der Waals surface area contributed by atoms with Crippen LogP contribution in [0.3, 0.4) is 0 Å². The molecule has 0 spiro atoms. The molecule has 104 valence electrons. The number of hydrogen-bond acceptors (Lipinski definition) is 3. The second kappa shape index (κ2) is 7.31. The highest BCUT2D eigenvalue weighted by Crippen LogP contribution is 2.26. The normalized spacial score (nSPS) is 15.0. The maximum atomic E-state index is 9.39. The van der Waals surface area contributed by atoms with E-state index in [1.807, 2.05) is 20.8 Å². The van der Waals surface area contributed by atoms with Crippen LogP contribution in [0.2, 0.25) is 0 Å². The molecule has 0 amide bonds. The molecule has 0 saturated carbocycles. The van der Waals surface area contributed by atoms with Gasteiger partial charge in [0.05, 0.1) is 24.9 Å². The summed E-state index contributed by atoms with van der Waals surface area (Å²) in [5.41, 5.74) is 2.50. The van der Waals surface area contributed by atoms with Gasteiger partial charge in [0, 0.05) is 0 Å². The molecule has 0 bridgehead atoms. The Bertz CT molecular complexity index is 205. The predicted molar refractivity (Wildman–Crippen MR) is 71.0 cm³/mol. The largest absolute Gasteiger partial charge is 0.391 e. The minimum atomic E-state index is -0.350. The number of nitrogens with one attached hydrogen (secondary N) is 1. The Morgan fingerprint density at radius 2 is 1.82 bits per heavy atom. The van der Waals surface area contributed by atoms with E-state index < -0.39 is 0 Å². The minimum Gasteiger partial charge on any atom is -0.391 e. The van der Waals surface area contributed by atoms with Crippen LogP contribution in [-0.2, 0) is 4.74 Å². The molecule has 1 atom stereocenters. The van der Waals surface area contributed by atoms with Gasteiger partial charge >= 0.3 is 0 Å². The van der Waals surface area contributed by atoms with Gasteiger partial charge in [0.25, 0.3) is 0 Å². The molecule has 4 nitrogen and oxygen atoms in total. The maximum Gasteiger partial charge on any atom is 0.0799 e. The number of rotatable bonds is 9. The first-order valence-corrected chi connectivity index (χ1v) is 6.42. The molecule has 0 aromatic rings. The second-order valence-corrected chi connectivity index (χ2v) is 6.25. The van der Waals surface area contributed by atoms with Gasteiger partial charge in [-0.1, -0.05) is 26.3 Å². The third kappa shape index (κ3) is 8.55. The van der Waals surface area contributed by atoms with Gasteiger partial charge in [-0.25, -0.2) is 0 Å². The lowest BCUT2D eigenvalue weighted by Gasteiger charge is -2.29. The molecule has 0 aliphatic heterocycles. The van der Waals surface area contributed by atoms with Crippen molar-refractivity contribution in [3.63, 3.8) is 0 Å². The SMILES string of the molecule is CCC(O)COCC(C)(C)CCC(C)(C)N[OH2+]. The van der Waals surface area contributed by atoms with E-state index in [9.17, 15) is 5.11 Å². The van der Waals surface area contributed by atoms with E-state index in [2.05, 4.69) is 19.3 Å². The molecule has 17 heavy (non-hydrogen) atoms. The Morgan fingerprint density at radius 3 is 2.29 bits per heavy atom. The van der Waals surface area contributed by atoms with E-state index in [-0.39, 0.29) is 17.1 Å². The molecule has 0 aliphatic carbocycles. The Balaban J connectivity index is 3.87. The van der Waals surface area contributed by atoms with E-state index in [0.29, 0.717) is 13.2 Å². The molecule has 0 radical (unpaired) electrons. The Morgan fingerprint density at radius 1 is 1.24 bits per heavy atom. The van der Waals surface area contributed by atoms with Crippen molar-refractivity contribution in [2.45, 2.75) is 65.5 Å². The number of hydroxylamine groups is 1. The topological polar surface area (TPSA) is 64.4 Å². The average molecular weight is 248 g/mol. The van der Waals surface area contributed by atoms with Gasteiger partial charge in [-0.3, -0.25) is 0 Å². The van der Waals surface area contributed by atoms with Crippen molar-refractivity contribution in [2.24, 2.45) is 5.41 Å². The Kier molecular flexibility index (Phi) is 7.24. The molecular weight excluding hydrogens is 218 g/mol. The number of ether oxygens (including phenoxy) is 1. The summed E-state index contributed by atoms with van der Waals surface area (Å²) in [6.45, 7) is 11.4. The smallest absolute Gasteiger partial charge is 0.0799 e. The number of aliphatic hydroxyl groups is 1. The van der Waals surface area contributed by atoms with E-state index in [4.69, 9.17) is 9.94 Å². The zero-order valence-electron chi connectivity index (χ0n) is 12.0. The first-order valence-electron chi connectivity index (χ1n) is 6.42. The molecule has 0 fully saturated rings. The molecule has 0 heterocycles. The van der Waals surface area contributed by atoms with E-state index in [1.54, 1.807) is 0 Å². The van der Waals surface area contributed by atoms with Gasteiger partial charge in [-0.05, 0) is 38.5 Å². The molecule has 0 aliphatic rings. The summed E-state index contributed by atoms with van der Waals surface area (Å²) in [6, 6.07) is 0. The monoisotopic (exact) mass is 248 g/mol. The van der Waals surface area contributed by atoms with Gasteiger partial charge in [0.1, 0.15) is 0 Å². The molecule has 1 unspecified atom stereocenters. The highest BCUT2D eigenvalue weighted by Gasteiger charge is 2.25. The van der Waals surface area contributed by atoms with Crippen LogP contribution in [0.4, 0.5) is 0 Å². The standard InChI is InChI=1S/C13H29NO3/c1-6-11(15)9-17-10-12(2,3)7-8-13(4,5)14-16/h11,14-16H,6-10H2,1-5H3/p+1. The quantitative estimate of drug-likeness (QED) is 0.481. The summed E-state index contributed by atoms with van der Waals surface area (Å²) in [4.78, 5) is 0. The Hall–Kier alpha value is -0.160. The fourth-order valence-electron chi connectivity index (χ4n) is 1.37. The van der Waals surface area contributed by atoms with E-state index in [1.165, 1.54) is 0 Å². The lowest BCUT2D eigenvalue weighted by atomic mass is 9.84. The molecular formula is C13H30NO3+. The average Bonchev–Trinajstić information content (AvgIpc) is 2.26. The van der Waals surface area contributed by atoms with Crippen LogP contribution in [0.1, 0.15) is 53.9 Å². The molecule has 0 rings (SSSR count). The highest BCUT2D eigenvalue weighted by molar-refractivity contribution is 4.78. The van der Waals surface area contributed by atoms with Crippen molar-refractivity contribution in [3.8, 4) is 0 Å². The second-order valence-electron chi connectivity index (χ2n) is 6.25. The number of aliphatic hydroxyl groups excluding tert-OH is 1. The van der Waals surface area contributed by atoms with Crippen molar-refractivity contribution in [1.29, 1.82) is 0 Å². The summed E-state index contributed by atoms with van der Waals surface area (Å²) in [5, 5.41) is 16.6. The van der Waals surface area contributed by atoms with Gasteiger partial charge in [-0.15, -0.1) is 0 Å². The van der Waals surface area contributed by atoms with Crippen molar-refractivity contribution >= 4 is 0 Å². The third-order valence-electron chi connectivity index (χ3n) is 3.04. The van der Waals surface area contributed by atoms with Crippen LogP contribution < -0.4 is 5.48 Å². The van der Waals surface area contributed by atoms with Crippen LogP contribution in [0.5, 0.6) is 0 Å². The number of hydrogen-bond donors (Lipinski definition) is 2. The summed E-state index contributed by atoms with van der Waals surface area (Å²) in [6.07, 6.45) is 2.31. The zero-order chi connectivity index (χ0) is 13.5. The zero-order valence-corrected chi connectivity index (χ0v) is 12.0. The summed E-state index contributed by atoms with van der Waals surface area (Å²) >= 11 is 0. The first kappa shape index (κ1) is 16.8. The molecule has 4 heteroatoms. The van der Waals surface area contributed by atoms with Gasteiger partial charge in [0.2, 0.25) is 0 Å². The van der Waals surface area contributed by atoms with Crippen molar-refractivity contribution < 1.29 is 15.1 Å². The van der Waals surface area contributed by atoms with Crippen LogP contribution in [-0.4, -0.2) is 35.2 Å². The van der Waals surface area contributed by atoms with Gasteiger partial charge in [0.15, 0.2) is 0 Å². The summed E-state index contributed by atoms with van der Waals surface area (Å²) < 4.78 is 5.53. The molecule has 4 N–H and O–H groups in total. The molecule has 0 saturated heterocycles.